The number of ether oxygens (including phenoxy) is 2. The van der Waals surface area contributed by atoms with E-state index < -0.39 is 12.2 Å². The van der Waals surface area contributed by atoms with Gasteiger partial charge in [-0.15, -0.1) is 0 Å². The number of nitrogens with one attached hydrogen (secondary N) is 2. The number of carbonyl (C=O) groups is 2. The maximum atomic E-state index is 13.0. The molecule has 0 aliphatic carbocycles. The van der Waals surface area contributed by atoms with Crippen molar-refractivity contribution in [1.29, 1.82) is 5.41 Å². The number of rotatable bonds is 4. The quantitative estimate of drug-likeness (QED) is 0.649. The summed E-state index contributed by atoms with van der Waals surface area (Å²) in [6.07, 6.45) is 0.347. The molecule has 1 amide bonds. The lowest BCUT2D eigenvalue weighted by Gasteiger charge is -2.27. The minimum Gasteiger partial charge on any atom is -0.460 e. The number of aryl methyl sites for hydroxylation is 1. The topological polar surface area (TPSA) is 102 Å². The molecule has 30 heavy (non-hydrogen) atoms. The maximum Gasteiger partial charge on any atom is 0.260 e. The second kappa shape index (κ2) is 7.96. The number of fused-ring (bicyclic) bond motifs is 2. The van der Waals surface area contributed by atoms with Gasteiger partial charge in [0.15, 0.2) is 5.78 Å². The monoisotopic (exact) mass is 404 g/mol. The van der Waals surface area contributed by atoms with E-state index >= 15 is 0 Å². The van der Waals surface area contributed by atoms with Crippen LogP contribution in [0.4, 0.5) is 0 Å². The second-order valence-electron chi connectivity index (χ2n) is 6.83. The highest BCUT2D eigenvalue weighted by molar-refractivity contribution is 6.12. The van der Waals surface area contributed by atoms with Crippen LogP contribution in [-0.4, -0.2) is 24.6 Å². The van der Waals surface area contributed by atoms with Gasteiger partial charge < -0.3 is 19.2 Å². The summed E-state index contributed by atoms with van der Waals surface area (Å²) in [6.45, 7) is 3.99. The van der Waals surface area contributed by atoms with Crippen molar-refractivity contribution in [2.45, 2.75) is 20.1 Å². The third-order valence-electron chi connectivity index (χ3n) is 4.73. The van der Waals surface area contributed by atoms with Gasteiger partial charge in [0.05, 0.1) is 11.1 Å². The van der Waals surface area contributed by atoms with Crippen molar-refractivity contribution in [2.24, 2.45) is 0 Å². The SMILES string of the molecule is CCOC1Oc2ccc(C)cc2C(=O)/C1=C/NC(=O)c1cc2ccccc2oc1=N. The molecule has 152 valence electrons. The summed E-state index contributed by atoms with van der Waals surface area (Å²) in [5.74, 6) is -0.414. The molecule has 0 fully saturated rings. The number of hydrogen-bond donors (Lipinski definition) is 2. The zero-order chi connectivity index (χ0) is 21.3. The van der Waals surface area contributed by atoms with Gasteiger partial charge in [-0.05, 0) is 38.1 Å². The van der Waals surface area contributed by atoms with Crippen LogP contribution in [0.5, 0.6) is 5.75 Å². The molecule has 2 heterocycles. The third kappa shape index (κ3) is 3.62. The zero-order valence-corrected chi connectivity index (χ0v) is 16.5. The number of ketones is 1. The highest BCUT2D eigenvalue weighted by atomic mass is 16.7. The van der Waals surface area contributed by atoms with Gasteiger partial charge in [-0.2, -0.15) is 0 Å². The Bertz CT molecular complexity index is 1240. The highest BCUT2D eigenvalue weighted by Gasteiger charge is 2.32. The molecule has 4 rings (SSSR count). The molecule has 2 N–H and O–H groups in total. The van der Waals surface area contributed by atoms with Crippen LogP contribution in [0.15, 0.2) is 64.7 Å². The molecule has 7 heteroatoms. The molecule has 1 aliphatic heterocycles. The molecule has 0 saturated carbocycles. The van der Waals surface area contributed by atoms with Crippen LogP contribution >= 0.6 is 0 Å². The molecule has 0 spiro atoms. The fraction of sp³-hybridized carbons (Fsp3) is 0.174. The fourth-order valence-electron chi connectivity index (χ4n) is 3.24. The van der Waals surface area contributed by atoms with Crippen LogP contribution in [-0.2, 0) is 4.74 Å². The Balaban J connectivity index is 1.66. The standard InChI is InChI=1S/C23H20N2O5/c1-3-28-23-17(20(26)15-10-13(2)8-9-19(15)30-23)12-25-22(27)16-11-14-6-4-5-7-18(14)29-21(16)24/h4-12,23-24H,3H2,1-2H3,(H,25,27)/b17-12-,24-21?. The van der Waals surface area contributed by atoms with Crippen molar-refractivity contribution >= 4 is 22.7 Å². The number of amides is 1. The molecule has 1 aromatic heterocycles. The van der Waals surface area contributed by atoms with E-state index in [1.807, 2.05) is 19.1 Å². The van der Waals surface area contributed by atoms with Crippen molar-refractivity contribution in [3.8, 4) is 5.75 Å². The maximum absolute atomic E-state index is 13.0. The molecule has 2 aromatic carbocycles. The van der Waals surface area contributed by atoms with E-state index in [9.17, 15) is 9.59 Å². The van der Waals surface area contributed by atoms with Gasteiger partial charge in [-0.25, -0.2) is 0 Å². The lowest BCUT2D eigenvalue weighted by molar-refractivity contribution is -0.0511. The minimum absolute atomic E-state index is 0.0546. The van der Waals surface area contributed by atoms with Crippen LogP contribution in [0.1, 0.15) is 33.2 Å². The van der Waals surface area contributed by atoms with E-state index in [1.54, 1.807) is 43.3 Å². The summed E-state index contributed by atoms with van der Waals surface area (Å²) in [5, 5.41) is 11.3. The average Bonchev–Trinajstić information content (AvgIpc) is 2.73. The van der Waals surface area contributed by atoms with E-state index in [0.29, 0.717) is 28.9 Å². The number of Topliss-reactive ketones (excluding diaryl/α,β-unsaturated/α-hetero) is 1. The molecule has 0 bridgehead atoms. The first-order valence-corrected chi connectivity index (χ1v) is 9.50. The molecular formula is C23H20N2O5. The Hall–Kier alpha value is -3.71. The van der Waals surface area contributed by atoms with Crippen molar-refractivity contribution in [3.05, 3.63) is 82.5 Å². The summed E-state index contributed by atoms with van der Waals surface area (Å²) in [4.78, 5) is 25.7. The number of carbonyl (C=O) groups excluding carboxylic acids is 2. The Kier molecular flexibility index (Phi) is 5.20. The number of hydrogen-bond acceptors (Lipinski definition) is 6. The summed E-state index contributed by atoms with van der Waals surface area (Å²) in [7, 11) is 0. The van der Waals surface area contributed by atoms with Crippen molar-refractivity contribution in [1.82, 2.24) is 5.32 Å². The van der Waals surface area contributed by atoms with Gasteiger partial charge in [-0.1, -0.05) is 29.8 Å². The highest BCUT2D eigenvalue weighted by Crippen LogP contribution is 2.31. The first kappa shape index (κ1) is 19.6. The smallest absolute Gasteiger partial charge is 0.260 e. The Morgan fingerprint density at radius 2 is 2.03 bits per heavy atom. The minimum atomic E-state index is -0.935. The van der Waals surface area contributed by atoms with Crippen LogP contribution in [0.2, 0.25) is 0 Å². The van der Waals surface area contributed by atoms with E-state index in [4.69, 9.17) is 19.3 Å². The van der Waals surface area contributed by atoms with E-state index in [-0.39, 0.29) is 22.5 Å². The van der Waals surface area contributed by atoms with Gasteiger partial charge >= 0.3 is 0 Å². The second-order valence-corrected chi connectivity index (χ2v) is 6.83. The Morgan fingerprint density at radius 1 is 1.23 bits per heavy atom. The fourth-order valence-corrected chi connectivity index (χ4v) is 3.24. The third-order valence-corrected chi connectivity index (χ3v) is 4.73. The molecular weight excluding hydrogens is 384 g/mol. The van der Waals surface area contributed by atoms with Crippen LogP contribution < -0.4 is 15.6 Å². The average molecular weight is 404 g/mol. The molecule has 0 saturated heterocycles. The van der Waals surface area contributed by atoms with Gasteiger partial charge in [-0.3, -0.25) is 15.0 Å². The number of para-hydroxylation sites is 1. The Morgan fingerprint density at radius 3 is 2.83 bits per heavy atom. The zero-order valence-electron chi connectivity index (χ0n) is 16.5. The lowest BCUT2D eigenvalue weighted by Crippen LogP contribution is -2.35. The number of benzene rings is 2. The molecule has 1 atom stereocenters. The van der Waals surface area contributed by atoms with Gasteiger partial charge in [0, 0.05) is 18.2 Å². The first-order chi connectivity index (χ1) is 14.5. The van der Waals surface area contributed by atoms with Crippen LogP contribution in [0.3, 0.4) is 0 Å². The van der Waals surface area contributed by atoms with Gasteiger partial charge in [0.1, 0.15) is 16.9 Å². The van der Waals surface area contributed by atoms with Crippen molar-refractivity contribution in [3.63, 3.8) is 0 Å². The normalized spacial score (nSPS) is 16.9. The van der Waals surface area contributed by atoms with Gasteiger partial charge in [0.25, 0.3) is 5.91 Å². The predicted octanol–water partition coefficient (Wildman–Crippen LogP) is 3.47. The van der Waals surface area contributed by atoms with Crippen molar-refractivity contribution in [2.75, 3.05) is 6.61 Å². The summed E-state index contributed by atoms with van der Waals surface area (Å²) in [6, 6.07) is 14.0. The molecule has 0 radical (unpaired) electrons. The molecule has 1 aliphatic rings. The summed E-state index contributed by atoms with van der Waals surface area (Å²) >= 11 is 0. The summed E-state index contributed by atoms with van der Waals surface area (Å²) < 4.78 is 16.8. The Labute approximate surface area is 172 Å². The van der Waals surface area contributed by atoms with Crippen LogP contribution in [0, 0.1) is 12.3 Å². The van der Waals surface area contributed by atoms with E-state index in [2.05, 4.69) is 5.32 Å². The largest absolute Gasteiger partial charge is 0.460 e. The van der Waals surface area contributed by atoms with Gasteiger partial charge in [0.2, 0.25) is 11.8 Å². The lowest BCUT2D eigenvalue weighted by atomic mass is 9.98. The molecule has 3 aromatic rings. The van der Waals surface area contributed by atoms with E-state index in [0.717, 1.165) is 5.56 Å². The molecule has 7 nitrogen and oxygen atoms in total. The van der Waals surface area contributed by atoms with Crippen molar-refractivity contribution < 1.29 is 23.5 Å². The first-order valence-electron chi connectivity index (χ1n) is 9.50. The predicted molar refractivity (Wildman–Crippen MR) is 109 cm³/mol. The van der Waals surface area contributed by atoms with Crippen LogP contribution in [0.25, 0.3) is 11.0 Å². The molecule has 1 unspecified atom stereocenters. The summed E-state index contributed by atoms with van der Waals surface area (Å²) in [5.41, 5.74) is 1.80. The van der Waals surface area contributed by atoms with E-state index in [1.165, 1.54) is 6.20 Å².